The Morgan fingerprint density at radius 1 is 1.38 bits per heavy atom. The second kappa shape index (κ2) is 9.09. The number of hydrogen-bond acceptors (Lipinski definition) is 3. The number of ether oxygens (including phenoxy) is 2. The fourth-order valence-corrected chi connectivity index (χ4v) is 3.05. The van der Waals surface area contributed by atoms with Crippen molar-refractivity contribution in [3.63, 3.8) is 0 Å². The van der Waals surface area contributed by atoms with Gasteiger partial charge in [-0.1, -0.05) is 37.1 Å². The fourth-order valence-electron chi connectivity index (χ4n) is 2.79. The van der Waals surface area contributed by atoms with Gasteiger partial charge in [0.2, 0.25) is 0 Å². The number of rotatable bonds is 8. The molecule has 1 aromatic rings. The maximum atomic E-state index is 10.7. The van der Waals surface area contributed by atoms with Crippen LogP contribution in [0.5, 0.6) is 5.75 Å². The number of carbonyl (C=O) groups is 1. The fraction of sp³-hybridized carbons (Fsp3) is 0.526. The summed E-state index contributed by atoms with van der Waals surface area (Å²) in [6.07, 6.45) is 2.55. The summed E-state index contributed by atoms with van der Waals surface area (Å²) in [6, 6.07) is 5.43. The van der Waals surface area contributed by atoms with Gasteiger partial charge in [0.05, 0.1) is 13.2 Å². The Kier molecular flexibility index (Phi) is 7.13. The molecule has 132 valence electrons. The number of aryl methyl sites for hydroxylation is 1. The standard InChI is InChI=1S/C19H25ClO4/c1-13(2)9-15-7-8-23-11-16(15)12-24-17-5-3-14(18(20)10-17)4-6-19(21)22/h3,5,10,13H,4,6-9,11-12H2,1-2H3,(H,21,22). The zero-order valence-corrected chi connectivity index (χ0v) is 15.1. The molecule has 0 saturated carbocycles. The van der Waals surface area contributed by atoms with Crippen molar-refractivity contribution in [2.75, 3.05) is 19.8 Å². The molecule has 0 fully saturated rings. The molecular weight excluding hydrogens is 328 g/mol. The van der Waals surface area contributed by atoms with Gasteiger partial charge in [0.1, 0.15) is 12.4 Å². The molecule has 0 aromatic heterocycles. The van der Waals surface area contributed by atoms with Gasteiger partial charge in [0, 0.05) is 11.4 Å². The molecule has 0 spiro atoms. The Labute approximate surface area is 148 Å². The summed E-state index contributed by atoms with van der Waals surface area (Å²) in [7, 11) is 0. The predicted octanol–water partition coefficient (Wildman–Crippen LogP) is 4.50. The van der Waals surface area contributed by atoms with Crippen LogP contribution in [0.1, 0.15) is 38.7 Å². The van der Waals surface area contributed by atoms with E-state index >= 15 is 0 Å². The molecule has 1 heterocycles. The van der Waals surface area contributed by atoms with Crippen LogP contribution < -0.4 is 4.74 Å². The summed E-state index contributed by atoms with van der Waals surface area (Å²) in [5, 5.41) is 9.30. The molecule has 0 bridgehead atoms. The van der Waals surface area contributed by atoms with E-state index in [9.17, 15) is 4.79 Å². The van der Waals surface area contributed by atoms with Gasteiger partial charge in [0.25, 0.3) is 0 Å². The maximum absolute atomic E-state index is 10.7. The van der Waals surface area contributed by atoms with E-state index in [0.29, 0.717) is 36.3 Å². The van der Waals surface area contributed by atoms with Gasteiger partial charge in [-0.05, 0) is 48.4 Å². The van der Waals surface area contributed by atoms with Gasteiger partial charge in [-0.25, -0.2) is 0 Å². The average Bonchev–Trinajstić information content (AvgIpc) is 2.52. The second-order valence-corrected chi connectivity index (χ2v) is 6.95. The highest BCUT2D eigenvalue weighted by Gasteiger charge is 2.15. The van der Waals surface area contributed by atoms with E-state index in [-0.39, 0.29) is 6.42 Å². The predicted molar refractivity (Wildman–Crippen MR) is 94.8 cm³/mol. The third kappa shape index (κ3) is 5.84. The van der Waals surface area contributed by atoms with Gasteiger partial charge in [-0.15, -0.1) is 0 Å². The van der Waals surface area contributed by atoms with Crippen LogP contribution in [0.2, 0.25) is 5.02 Å². The van der Waals surface area contributed by atoms with E-state index in [1.807, 2.05) is 12.1 Å². The van der Waals surface area contributed by atoms with E-state index in [1.54, 1.807) is 6.07 Å². The molecule has 5 heteroatoms. The Hall–Kier alpha value is -1.52. The van der Waals surface area contributed by atoms with Gasteiger partial charge in [-0.2, -0.15) is 0 Å². The lowest BCUT2D eigenvalue weighted by molar-refractivity contribution is -0.136. The largest absolute Gasteiger partial charge is 0.489 e. The topological polar surface area (TPSA) is 55.8 Å². The molecular formula is C19H25ClO4. The van der Waals surface area contributed by atoms with Gasteiger partial charge < -0.3 is 14.6 Å². The number of halogens is 1. The van der Waals surface area contributed by atoms with Gasteiger partial charge in [0.15, 0.2) is 0 Å². The van der Waals surface area contributed by atoms with Crippen molar-refractivity contribution in [2.45, 2.75) is 39.5 Å². The van der Waals surface area contributed by atoms with Crippen LogP contribution in [0.3, 0.4) is 0 Å². The van der Waals surface area contributed by atoms with E-state index in [1.165, 1.54) is 11.1 Å². The minimum absolute atomic E-state index is 0.0721. The van der Waals surface area contributed by atoms with Crippen molar-refractivity contribution in [1.29, 1.82) is 0 Å². The quantitative estimate of drug-likeness (QED) is 0.700. The molecule has 0 atom stereocenters. The highest BCUT2D eigenvalue weighted by molar-refractivity contribution is 6.31. The normalized spacial score (nSPS) is 15.0. The van der Waals surface area contributed by atoms with E-state index < -0.39 is 5.97 Å². The van der Waals surface area contributed by atoms with Crippen LogP contribution in [0.25, 0.3) is 0 Å². The van der Waals surface area contributed by atoms with Crippen LogP contribution in [0, 0.1) is 5.92 Å². The van der Waals surface area contributed by atoms with E-state index in [4.69, 9.17) is 26.2 Å². The van der Waals surface area contributed by atoms with E-state index in [0.717, 1.165) is 25.0 Å². The Balaban J connectivity index is 1.99. The second-order valence-electron chi connectivity index (χ2n) is 6.54. The minimum atomic E-state index is -0.826. The Morgan fingerprint density at radius 2 is 2.17 bits per heavy atom. The van der Waals surface area contributed by atoms with Crippen molar-refractivity contribution in [2.24, 2.45) is 5.92 Å². The van der Waals surface area contributed by atoms with Crippen LogP contribution in [-0.2, 0) is 16.0 Å². The number of aliphatic carboxylic acids is 1. The summed E-state index contributed by atoms with van der Waals surface area (Å²) in [4.78, 5) is 10.7. The number of hydrogen-bond donors (Lipinski definition) is 1. The molecule has 0 aliphatic carbocycles. The molecule has 1 N–H and O–H groups in total. The molecule has 1 aliphatic heterocycles. The lowest BCUT2D eigenvalue weighted by atomic mass is 9.95. The maximum Gasteiger partial charge on any atom is 0.303 e. The Bertz CT molecular complexity index is 607. The van der Waals surface area contributed by atoms with Gasteiger partial charge >= 0.3 is 5.97 Å². The zero-order valence-electron chi connectivity index (χ0n) is 14.3. The van der Waals surface area contributed by atoms with Crippen LogP contribution >= 0.6 is 11.6 Å². The molecule has 0 amide bonds. The zero-order chi connectivity index (χ0) is 17.5. The summed E-state index contributed by atoms with van der Waals surface area (Å²) in [6.45, 7) is 6.36. The molecule has 0 saturated heterocycles. The lowest BCUT2D eigenvalue weighted by Gasteiger charge is -2.22. The summed E-state index contributed by atoms with van der Waals surface area (Å²) in [5.41, 5.74) is 3.49. The van der Waals surface area contributed by atoms with Crippen LogP contribution in [-0.4, -0.2) is 30.9 Å². The number of benzene rings is 1. The minimum Gasteiger partial charge on any atom is -0.489 e. The molecule has 24 heavy (non-hydrogen) atoms. The molecule has 1 aromatic carbocycles. The molecule has 4 nitrogen and oxygen atoms in total. The lowest BCUT2D eigenvalue weighted by Crippen LogP contribution is -2.17. The molecule has 0 radical (unpaired) electrons. The monoisotopic (exact) mass is 352 g/mol. The highest BCUT2D eigenvalue weighted by atomic mass is 35.5. The van der Waals surface area contributed by atoms with E-state index in [2.05, 4.69) is 13.8 Å². The first kappa shape index (κ1) is 18.8. The average molecular weight is 353 g/mol. The molecule has 1 aliphatic rings. The highest BCUT2D eigenvalue weighted by Crippen LogP contribution is 2.26. The van der Waals surface area contributed by atoms with Crippen molar-refractivity contribution in [1.82, 2.24) is 0 Å². The summed E-state index contributed by atoms with van der Waals surface area (Å²) >= 11 is 6.22. The van der Waals surface area contributed by atoms with Crippen molar-refractivity contribution in [3.8, 4) is 5.75 Å². The first-order valence-electron chi connectivity index (χ1n) is 8.36. The van der Waals surface area contributed by atoms with Gasteiger partial charge in [-0.3, -0.25) is 4.79 Å². The first-order valence-corrected chi connectivity index (χ1v) is 8.74. The Morgan fingerprint density at radius 3 is 2.83 bits per heavy atom. The van der Waals surface area contributed by atoms with Crippen molar-refractivity contribution >= 4 is 17.6 Å². The number of carboxylic acid groups (broad SMARTS) is 1. The molecule has 2 rings (SSSR count). The summed E-state index contributed by atoms with van der Waals surface area (Å²) in [5.74, 6) is 0.491. The first-order chi connectivity index (χ1) is 11.5. The molecule has 0 unspecified atom stereocenters. The third-order valence-electron chi connectivity index (χ3n) is 4.02. The number of carboxylic acids is 1. The summed E-state index contributed by atoms with van der Waals surface area (Å²) < 4.78 is 11.4. The van der Waals surface area contributed by atoms with Crippen molar-refractivity contribution < 1.29 is 19.4 Å². The van der Waals surface area contributed by atoms with Crippen LogP contribution in [0.4, 0.5) is 0 Å². The smallest absolute Gasteiger partial charge is 0.303 e. The SMILES string of the molecule is CC(C)CC1=C(COc2ccc(CCC(=O)O)c(Cl)c2)COCC1. The van der Waals surface area contributed by atoms with Crippen LogP contribution in [0.15, 0.2) is 29.3 Å². The third-order valence-corrected chi connectivity index (χ3v) is 4.38. The van der Waals surface area contributed by atoms with Crippen molar-refractivity contribution in [3.05, 3.63) is 39.9 Å².